The summed E-state index contributed by atoms with van der Waals surface area (Å²) in [5.41, 5.74) is 5.25. The van der Waals surface area contributed by atoms with Crippen LogP contribution in [-0.2, 0) is 4.74 Å². The van der Waals surface area contributed by atoms with Crippen LogP contribution < -0.4 is 5.32 Å². The highest BCUT2D eigenvalue weighted by Gasteiger charge is 2.18. The summed E-state index contributed by atoms with van der Waals surface area (Å²) in [5.74, 6) is 1.25. The zero-order valence-electron chi connectivity index (χ0n) is 17.3. The largest absolute Gasteiger partial charge is 0.378 e. The van der Waals surface area contributed by atoms with Crippen molar-refractivity contribution >= 4 is 22.7 Å². The van der Waals surface area contributed by atoms with Crippen LogP contribution in [0.3, 0.4) is 0 Å². The molecular weight excluding hydrogens is 390 g/mol. The van der Waals surface area contributed by atoms with Crippen molar-refractivity contribution in [3.63, 3.8) is 0 Å². The number of fused-ring (bicyclic) bond motifs is 1. The van der Waals surface area contributed by atoms with Crippen molar-refractivity contribution in [1.29, 1.82) is 0 Å². The first kappa shape index (κ1) is 19.2. The van der Waals surface area contributed by atoms with E-state index in [1.165, 1.54) is 0 Å². The quantitative estimate of drug-likeness (QED) is 0.536. The molecule has 1 aliphatic rings. The summed E-state index contributed by atoms with van der Waals surface area (Å²) in [5, 5.41) is 8.12. The van der Waals surface area contributed by atoms with E-state index < -0.39 is 0 Å². The first-order valence-electron chi connectivity index (χ1n) is 10.2. The van der Waals surface area contributed by atoms with Gasteiger partial charge < -0.3 is 15.0 Å². The first-order valence-corrected chi connectivity index (χ1v) is 10.2. The van der Waals surface area contributed by atoms with E-state index >= 15 is 0 Å². The minimum atomic E-state index is 0.553. The highest BCUT2D eigenvalue weighted by molar-refractivity contribution is 5.81. The van der Waals surface area contributed by atoms with Gasteiger partial charge in [-0.25, -0.2) is 14.5 Å². The number of ether oxygens (including phenoxy) is 1. The van der Waals surface area contributed by atoms with E-state index in [1.54, 1.807) is 6.20 Å². The third-order valence-corrected chi connectivity index (χ3v) is 5.29. The van der Waals surface area contributed by atoms with E-state index in [-0.39, 0.29) is 0 Å². The predicted octanol–water partition coefficient (Wildman–Crippen LogP) is 3.54. The molecule has 0 aliphatic carbocycles. The molecule has 0 amide bonds. The Morgan fingerprint density at radius 3 is 2.81 bits per heavy atom. The van der Waals surface area contributed by atoms with Crippen LogP contribution in [0.1, 0.15) is 11.3 Å². The van der Waals surface area contributed by atoms with Crippen molar-refractivity contribution in [3.8, 4) is 11.5 Å². The Morgan fingerprint density at radius 2 is 1.97 bits per heavy atom. The van der Waals surface area contributed by atoms with Crippen molar-refractivity contribution in [1.82, 2.24) is 29.5 Å². The Balaban J connectivity index is 1.54. The van der Waals surface area contributed by atoms with Gasteiger partial charge in [0.1, 0.15) is 11.2 Å². The molecule has 1 aliphatic heterocycles. The SMILES string of the molecule is C=C(c1cnccc1Nc1nc(-c2cccc(C)n2)nn2cccc12)N1CCOCC1. The summed E-state index contributed by atoms with van der Waals surface area (Å²) in [6.45, 7) is 9.30. The Kier molecular flexibility index (Phi) is 5.05. The number of nitrogens with zero attached hydrogens (tertiary/aromatic N) is 6. The van der Waals surface area contributed by atoms with Crippen LogP contribution in [0.25, 0.3) is 22.7 Å². The monoisotopic (exact) mass is 413 g/mol. The van der Waals surface area contributed by atoms with Gasteiger partial charge in [-0.2, -0.15) is 0 Å². The lowest BCUT2D eigenvalue weighted by Crippen LogP contribution is -2.34. The van der Waals surface area contributed by atoms with E-state index in [0.29, 0.717) is 24.9 Å². The summed E-state index contributed by atoms with van der Waals surface area (Å²) in [4.78, 5) is 15.9. The zero-order valence-corrected chi connectivity index (χ0v) is 17.3. The molecule has 4 aromatic heterocycles. The fourth-order valence-electron chi connectivity index (χ4n) is 3.67. The normalized spacial score (nSPS) is 14.0. The number of rotatable bonds is 5. The molecule has 1 N–H and O–H groups in total. The molecule has 1 saturated heterocycles. The van der Waals surface area contributed by atoms with Crippen LogP contribution in [0.5, 0.6) is 0 Å². The van der Waals surface area contributed by atoms with E-state index in [4.69, 9.17) is 9.72 Å². The molecule has 31 heavy (non-hydrogen) atoms. The smallest absolute Gasteiger partial charge is 0.200 e. The van der Waals surface area contributed by atoms with Crippen LogP contribution in [0.2, 0.25) is 0 Å². The predicted molar refractivity (Wildman–Crippen MR) is 120 cm³/mol. The topological polar surface area (TPSA) is 80.5 Å². The Bertz CT molecular complexity index is 1240. The van der Waals surface area contributed by atoms with Crippen molar-refractivity contribution in [2.24, 2.45) is 0 Å². The molecule has 8 nitrogen and oxygen atoms in total. The molecule has 0 spiro atoms. The van der Waals surface area contributed by atoms with Gasteiger partial charge in [0.25, 0.3) is 0 Å². The second kappa shape index (κ2) is 8.16. The van der Waals surface area contributed by atoms with Gasteiger partial charge in [0.05, 0.1) is 18.9 Å². The fraction of sp³-hybridized carbons (Fsp3) is 0.217. The van der Waals surface area contributed by atoms with Gasteiger partial charge in [-0.3, -0.25) is 4.98 Å². The molecule has 5 heterocycles. The van der Waals surface area contributed by atoms with Crippen molar-refractivity contribution in [3.05, 3.63) is 72.8 Å². The van der Waals surface area contributed by atoms with Gasteiger partial charge in [-0.05, 0) is 37.3 Å². The maximum Gasteiger partial charge on any atom is 0.200 e. The second-order valence-corrected chi connectivity index (χ2v) is 7.38. The minimum Gasteiger partial charge on any atom is -0.378 e. The molecule has 0 aromatic carbocycles. The molecule has 0 saturated carbocycles. The molecule has 4 aromatic rings. The van der Waals surface area contributed by atoms with E-state index in [9.17, 15) is 0 Å². The van der Waals surface area contributed by atoms with Gasteiger partial charge in [0.15, 0.2) is 5.82 Å². The lowest BCUT2D eigenvalue weighted by atomic mass is 10.1. The molecule has 0 bridgehead atoms. The summed E-state index contributed by atoms with van der Waals surface area (Å²) < 4.78 is 7.29. The molecule has 0 unspecified atom stereocenters. The van der Waals surface area contributed by atoms with Gasteiger partial charge in [0, 0.05) is 48.6 Å². The number of anilines is 2. The number of aryl methyl sites for hydroxylation is 1. The fourth-order valence-corrected chi connectivity index (χ4v) is 3.67. The average Bonchev–Trinajstić information content (AvgIpc) is 3.29. The van der Waals surface area contributed by atoms with Gasteiger partial charge in [-0.15, -0.1) is 5.10 Å². The Hall–Kier alpha value is -3.78. The standard InChI is InChI=1S/C23H23N7O/c1-16-5-3-6-20(25-16)22-27-23(21-7-4-10-30(21)28-22)26-19-8-9-24-15-18(19)17(2)29-11-13-31-14-12-29/h3-10,15H,2,11-14H2,1H3,(H,24,26,27,28). The van der Waals surface area contributed by atoms with Gasteiger partial charge in [-0.1, -0.05) is 12.6 Å². The maximum atomic E-state index is 5.47. The first-order chi connectivity index (χ1) is 15.2. The number of hydrogen-bond donors (Lipinski definition) is 1. The highest BCUT2D eigenvalue weighted by Crippen LogP contribution is 2.29. The van der Waals surface area contributed by atoms with E-state index in [2.05, 4.69) is 31.9 Å². The Labute approximate surface area is 180 Å². The van der Waals surface area contributed by atoms with Crippen LogP contribution in [0, 0.1) is 6.92 Å². The van der Waals surface area contributed by atoms with Crippen LogP contribution in [0.4, 0.5) is 11.5 Å². The molecule has 156 valence electrons. The molecule has 5 rings (SSSR count). The Morgan fingerprint density at radius 1 is 1.10 bits per heavy atom. The number of aromatic nitrogens is 5. The molecule has 8 heteroatoms. The number of morpholine rings is 1. The highest BCUT2D eigenvalue weighted by atomic mass is 16.5. The number of hydrogen-bond acceptors (Lipinski definition) is 7. The van der Waals surface area contributed by atoms with Gasteiger partial charge in [0.2, 0.25) is 5.82 Å². The third kappa shape index (κ3) is 3.85. The zero-order chi connectivity index (χ0) is 21.2. The van der Waals surface area contributed by atoms with Crippen LogP contribution >= 0.6 is 0 Å². The lowest BCUT2D eigenvalue weighted by Gasteiger charge is -2.31. The van der Waals surface area contributed by atoms with Crippen molar-refractivity contribution in [2.75, 3.05) is 31.6 Å². The van der Waals surface area contributed by atoms with Gasteiger partial charge >= 0.3 is 0 Å². The summed E-state index contributed by atoms with van der Waals surface area (Å²) in [6.07, 6.45) is 5.50. The number of pyridine rings is 2. The van der Waals surface area contributed by atoms with Crippen molar-refractivity contribution < 1.29 is 4.74 Å². The van der Waals surface area contributed by atoms with Crippen LogP contribution in [0.15, 0.2) is 61.6 Å². The van der Waals surface area contributed by atoms with Crippen LogP contribution in [-0.4, -0.2) is 55.8 Å². The summed E-state index contributed by atoms with van der Waals surface area (Å²) >= 11 is 0. The molecule has 0 radical (unpaired) electrons. The summed E-state index contributed by atoms with van der Waals surface area (Å²) in [7, 11) is 0. The second-order valence-electron chi connectivity index (χ2n) is 7.38. The molecule has 1 fully saturated rings. The minimum absolute atomic E-state index is 0.553. The van der Waals surface area contributed by atoms with E-state index in [0.717, 1.165) is 46.9 Å². The van der Waals surface area contributed by atoms with Crippen molar-refractivity contribution in [2.45, 2.75) is 6.92 Å². The lowest BCUT2D eigenvalue weighted by molar-refractivity contribution is 0.0641. The number of nitrogens with one attached hydrogen (secondary N) is 1. The summed E-state index contributed by atoms with van der Waals surface area (Å²) in [6, 6.07) is 11.7. The molecule has 0 atom stereocenters. The maximum absolute atomic E-state index is 5.47. The molecular formula is C23H23N7O. The van der Waals surface area contributed by atoms with E-state index in [1.807, 2.05) is 60.2 Å². The average molecular weight is 413 g/mol. The third-order valence-electron chi connectivity index (χ3n) is 5.29.